The molecule has 0 fully saturated rings. The number of hydrogen-bond acceptors (Lipinski definition) is 6. The third-order valence-corrected chi connectivity index (χ3v) is 5.58. The van der Waals surface area contributed by atoms with Crippen LogP contribution in [-0.2, 0) is 17.8 Å². The van der Waals surface area contributed by atoms with Gasteiger partial charge in [-0.3, -0.25) is 14.6 Å². The highest BCUT2D eigenvalue weighted by molar-refractivity contribution is 5.97. The number of nitrogen functional groups attached to an aromatic ring is 1. The van der Waals surface area contributed by atoms with Crippen LogP contribution in [0.5, 0.6) is 5.75 Å². The number of benzene rings is 2. The van der Waals surface area contributed by atoms with Crippen LogP contribution in [0.25, 0.3) is 10.8 Å². The Hall–Kier alpha value is -4.60. The summed E-state index contributed by atoms with van der Waals surface area (Å²) in [5.74, 6) is -2.34. The lowest BCUT2D eigenvalue weighted by Crippen LogP contribution is -2.47. The molecule has 8 nitrogen and oxygen atoms in total. The molecule has 0 saturated heterocycles. The van der Waals surface area contributed by atoms with Gasteiger partial charge in [0.25, 0.3) is 5.91 Å². The van der Waals surface area contributed by atoms with E-state index in [4.69, 9.17) is 10.5 Å². The molecule has 2 aromatic heterocycles. The zero-order valence-corrected chi connectivity index (χ0v) is 19.3. The van der Waals surface area contributed by atoms with Crippen LogP contribution in [0.15, 0.2) is 67.1 Å². The monoisotopic (exact) mass is 491 g/mol. The zero-order valence-electron chi connectivity index (χ0n) is 19.3. The molecule has 10 heteroatoms. The van der Waals surface area contributed by atoms with Crippen molar-refractivity contribution in [2.24, 2.45) is 0 Å². The topological polar surface area (TPSA) is 119 Å². The predicted molar refractivity (Wildman–Crippen MR) is 130 cm³/mol. The predicted octanol–water partition coefficient (Wildman–Crippen LogP) is 3.16. The van der Waals surface area contributed by atoms with E-state index in [1.165, 1.54) is 31.6 Å². The summed E-state index contributed by atoms with van der Waals surface area (Å²) in [6, 6.07) is 11.0. The average Bonchev–Trinajstić information content (AvgIpc) is 2.89. The highest BCUT2D eigenvalue weighted by atomic mass is 19.2. The van der Waals surface area contributed by atoms with Gasteiger partial charge < -0.3 is 21.1 Å². The highest BCUT2D eigenvalue weighted by Gasteiger charge is 2.23. The van der Waals surface area contributed by atoms with E-state index in [1.54, 1.807) is 6.20 Å². The Labute approximate surface area is 205 Å². The molecule has 184 valence electrons. The first kappa shape index (κ1) is 24.5. The second-order valence-corrected chi connectivity index (χ2v) is 8.06. The minimum atomic E-state index is -1.08. The summed E-state index contributed by atoms with van der Waals surface area (Å²) in [7, 11) is 1.44. The van der Waals surface area contributed by atoms with Gasteiger partial charge in [-0.2, -0.15) is 0 Å². The number of aromatic nitrogens is 2. The quantitative estimate of drug-likeness (QED) is 0.348. The van der Waals surface area contributed by atoms with Crippen LogP contribution >= 0.6 is 0 Å². The van der Waals surface area contributed by atoms with Crippen molar-refractivity contribution in [1.82, 2.24) is 20.6 Å². The highest BCUT2D eigenvalue weighted by Crippen LogP contribution is 2.20. The number of nitrogens with one attached hydrogen (secondary N) is 2. The van der Waals surface area contributed by atoms with Crippen molar-refractivity contribution >= 4 is 28.4 Å². The number of methoxy groups -OCH3 is 1. The number of nitrogens with two attached hydrogens (primary N) is 1. The van der Waals surface area contributed by atoms with Crippen LogP contribution in [-0.4, -0.2) is 34.9 Å². The largest absolute Gasteiger partial charge is 0.495 e. The Morgan fingerprint density at radius 3 is 2.61 bits per heavy atom. The van der Waals surface area contributed by atoms with Crippen molar-refractivity contribution in [3.05, 3.63) is 95.4 Å². The summed E-state index contributed by atoms with van der Waals surface area (Å²) in [5, 5.41) is 7.11. The van der Waals surface area contributed by atoms with Crippen LogP contribution in [0, 0.1) is 11.6 Å². The lowest BCUT2D eigenvalue weighted by Gasteiger charge is -2.19. The number of nitrogens with zero attached hydrogens (tertiary/aromatic N) is 2. The molecule has 1 atom stereocenters. The molecule has 0 bridgehead atoms. The molecule has 0 radical (unpaired) electrons. The molecular weight excluding hydrogens is 468 g/mol. The summed E-state index contributed by atoms with van der Waals surface area (Å²) in [6.45, 7) is 0.169. The molecule has 4 N–H and O–H groups in total. The van der Waals surface area contributed by atoms with Crippen molar-refractivity contribution in [1.29, 1.82) is 0 Å². The maximum absolute atomic E-state index is 13.8. The molecular formula is C26H23F2N5O3. The molecule has 0 aliphatic carbocycles. The van der Waals surface area contributed by atoms with E-state index in [1.807, 2.05) is 24.3 Å². The summed E-state index contributed by atoms with van der Waals surface area (Å²) < 4.78 is 32.2. The van der Waals surface area contributed by atoms with Gasteiger partial charge in [0.1, 0.15) is 17.6 Å². The number of anilines is 1. The van der Waals surface area contributed by atoms with E-state index < -0.39 is 29.5 Å². The van der Waals surface area contributed by atoms with Gasteiger partial charge in [-0.15, -0.1) is 0 Å². The number of halogens is 2. The second kappa shape index (κ2) is 10.8. The smallest absolute Gasteiger partial charge is 0.253 e. The molecule has 0 spiro atoms. The van der Waals surface area contributed by atoms with Gasteiger partial charge in [-0.05, 0) is 46.8 Å². The number of carbonyl (C=O) groups is 2. The molecule has 2 amide bonds. The second-order valence-electron chi connectivity index (χ2n) is 8.06. The number of hydrogen-bond donors (Lipinski definition) is 3. The normalized spacial score (nSPS) is 11.6. The van der Waals surface area contributed by atoms with Crippen LogP contribution in [0.3, 0.4) is 0 Å². The van der Waals surface area contributed by atoms with E-state index in [2.05, 4.69) is 20.6 Å². The standard InChI is InChI=1S/C26H23F2N5O3/c1-36-19-11-18(13-30-14-19)25(34)33-23(10-15-3-5-21(27)22(28)9-15)26(35)32-12-16-2-4-20-17(8-16)6-7-31-24(20)29/h2-9,11,13-14,23H,10,12H2,1H3,(H2,29,31)(H,32,35)(H,33,34)/t23-/m0/s1. The number of fused-ring (bicyclic) bond motifs is 1. The lowest BCUT2D eigenvalue weighted by molar-refractivity contribution is -0.123. The molecule has 0 saturated carbocycles. The Balaban J connectivity index is 1.52. The Morgan fingerprint density at radius 2 is 1.83 bits per heavy atom. The Bertz CT molecular complexity index is 1430. The minimum absolute atomic E-state index is 0.0634. The van der Waals surface area contributed by atoms with E-state index in [9.17, 15) is 18.4 Å². The fourth-order valence-corrected chi connectivity index (χ4v) is 3.68. The number of pyridine rings is 2. The SMILES string of the molecule is COc1cncc(C(=O)N[C@@H](Cc2ccc(F)c(F)c2)C(=O)NCc2ccc3c(N)nccc3c2)c1. The van der Waals surface area contributed by atoms with Crippen molar-refractivity contribution in [3.8, 4) is 5.75 Å². The van der Waals surface area contributed by atoms with Gasteiger partial charge in [0.15, 0.2) is 11.6 Å². The van der Waals surface area contributed by atoms with E-state index in [-0.39, 0.29) is 18.5 Å². The lowest BCUT2D eigenvalue weighted by atomic mass is 10.0. The number of carbonyl (C=O) groups excluding carboxylic acids is 2. The van der Waals surface area contributed by atoms with E-state index >= 15 is 0 Å². The number of rotatable bonds is 8. The van der Waals surface area contributed by atoms with Crippen LogP contribution in [0.2, 0.25) is 0 Å². The molecule has 4 aromatic rings. The number of amides is 2. The Kier molecular flexibility index (Phi) is 7.33. The molecule has 36 heavy (non-hydrogen) atoms. The van der Waals surface area contributed by atoms with Gasteiger partial charge in [0.05, 0.1) is 18.9 Å². The number of ether oxygens (including phenoxy) is 1. The van der Waals surface area contributed by atoms with Gasteiger partial charge in [0, 0.05) is 30.7 Å². The molecule has 2 aromatic carbocycles. The maximum atomic E-state index is 13.8. The van der Waals surface area contributed by atoms with E-state index in [0.717, 1.165) is 28.5 Å². The van der Waals surface area contributed by atoms with Crippen LogP contribution in [0.4, 0.5) is 14.6 Å². The minimum Gasteiger partial charge on any atom is -0.495 e. The van der Waals surface area contributed by atoms with Crippen LogP contribution in [0.1, 0.15) is 21.5 Å². The fourth-order valence-electron chi connectivity index (χ4n) is 3.68. The first-order chi connectivity index (χ1) is 17.3. The molecule has 0 aliphatic rings. The third-order valence-electron chi connectivity index (χ3n) is 5.58. The van der Waals surface area contributed by atoms with Gasteiger partial charge in [0.2, 0.25) is 5.91 Å². The molecule has 0 aliphatic heterocycles. The summed E-state index contributed by atoms with van der Waals surface area (Å²) in [4.78, 5) is 34.0. The third kappa shape index (κ3) is 5.72. The van der Waals surface area contributed by atoms with Gasteiger partial charge in [-0.1, -0.05) is 18.2 Å². The molecule has 0 unspecified atom stereocenters. The molecule has 4 rings (SSSR count). The summed E-state index contributed by atoms with van der Waals surface area (Å²) in [5.41, 5.74) is 7.21. The first-order valence-corrected chi connectivity index (χ1v) is 11.0. The molecule has 2 heterocycles. The van der Waals surface area contributed by atoms with Crippen molar-refractivity contribution < 1.29 is 23.1 Å². The summed E-state index contributed by atoms with van der Waals surface area (Å²) >= 11 is 0. The van der Waals surface area contributed by atoms with Gasteiger partial charge in [-0.25, -0.2) is 13.8 Å². The Morgan fingerprint density at radius 1 is 1.03 bits per heavy atom. The maximum Gasteiger partial charge on any atom is 0.253 e. The van der Waals surface area contributed by atoms with Crippen molar-refractivity contribution in [3.63, 3.8) is 0 Å². The van der Waals surface area contributed by atoms with Crippen molar-refractivity contribution in [2.45, 2.75) is 19.0 Å². The average molecular weight is 491 g/mol. The van der Waals surface area contributed by atoms with Crippen molar-refractivity contribution in [2.75, 3.05) is 12.8 Å². The fraction of sp³-hybridized carbons (Fsp3) is 0.154. The zero-order chi connectivity index (χ0) is 25.7. The first-order valence-electron chi connectivity index (χ1n) is 11.0. The van der Waals surface area contributed by atoms with Crippen LogP contribution < -0.4 is 21.1 Å². The summed E-state index contributed by atoms with van der Waals surface area (Å²) in [6.07, 6.45) is 4.31. The van der Waals surface area contributed by atoms with E-state index in [0.29, 0.717) is 17.1 Å². The van der Waals surface area contributed by atoms with Gasteiger partial charge >= 0.3 is 0 Å².